The van der Waals surface area contributed by atoms with Gasteiger partial charge in [-0.15, -0.1) is 0 Å². The van der Waals surface area contributed by atoms with Crippen molar-refractivity contribution >= 4 is 12.1 Å². The van der Waals surface area contributed by atoms with Crippen LogP contribution in [0.1, 0.15) is 11.1 Å². The molecule has 0 aromatic heterocycles. The van der Waals surface area contributed by atoms with Crippen LogP contribution in [0.2, 0.25) is 0 Å². The van der Waals surface area contributed by atoms with E-state index in [1.54, 1.807) is 0 Å². The first-order valence-electron chi connectivity index (χ1n) is 8.96. The predicted molar refractivity (Wildman–Crippen MR) is 107 cm³/mol. The monoisotopic (exact) mass is 375 g/mol. The molecule has 5 heteroatoms. The van der Waals surface area contributed by atoms with E-state index in [2.05, 4.69) is 5.32 Å². The normalized spacial score (nSPS) is 11.4. The molecule has 0 aliphatic heterocycles. The van der Waals surface area contributed by atoms with E-state index >= 15 is 0 Å². The van der Waals surface area contributed by atoms with E-state index in [9.17, 15) is 14.7 Å². The number of benzene rings is 3. The number of rotatable bonds is 7. The zero-order valence-corrected chi connectivity index (χ0v) is 15.2. The molecule has 3 rings (SSSR count). The molecule has 28 heavy (non-hydrogen) atoms. The number of hydrogen-bond acceptors (Lipinski definition) is 3. The van der Waals surface area contributed by atoms with Crippen LogP contribution in [0.4, 0.5) is 4.79 Å². The van der Waals surface area contributed by atoms with Gasteiger partial charge in [-0.3, -0.25) is 0 Å². The summed E-state index contributed by atoms with van der Waals surface area (Å²) in [5, 5.41) is 11.9. The Labute approximate surface area is 163 Å². The maximum atomic E-state index is 12.0. The van der Waals surface area contributed by atoms with Crippen LogP contribution in [0.25, 0.3) is 11.1 Å². The Morgan fingerprint density at radius 3 is 1.96 bits per heavy atom. The summed E-state index contributed by atoms with van der Waals surface area (Å²) in [5.41, 5.74) is 3.79. The van der Waals surface area contributed by atoms with Gasteiger partial charge in [0.25, 0.3) is 0 Å². The Hall–Kier alpha value is -3.60. The Kier molecular flexibility index (Phi) is 6.41. The predicted octanol–water partition coefficient (Wildman–Crippen LogP) is 4.28. The molecule has 0 fully saturated rings. The van der Waals surface area contributed by atoms with Crippen LogP contribution < -0.4 is 5.32 Å². The quantitative estimate of drug-likeness (QED) is 0.646. The molecule has 5 nitrogen and oxygen atoms in total. The molecule has 1 atom stereocenters. The second kappa shape index (κ2) is 9.37. The zero-order chi connectivity index (χ0) is 19.8. The van der Waals surface area contributed by atoms with Crippen LogP contribution in [-0.2, 0) is 22.6 Å². The number of carbonyl (C=O) groups is 2. The van der Waals surface area contributed by atoms with Gasteiger partial charge in [0.2, 0.25) is 0 Å². The maximum Gasteiger partial charge on any atom is 0.408 e. The molecule has 1 amide bonds. The number of amides is 1. The van der Waals surface area contributed by atoms with Crippen molar-refractivity contribution in [2.24, 2.45) is 0 Å². The van der Waals surface area contributed by atoms with Crippen molar-refractivity contribution in [3.8, 4) is 11.1 Å². The SMILES string of the molecule is O=C(NC(Cc1ccc(-c2ccccc2)cc1)C(=O)O)OCc1ccccc1. The van der Waals surface area contributed by atoms with Crippen LogP contribution in [-0.4, -0.2) is 23.2 Å². The van der Waals surface area contributed by atoms with Gasteiger partial charge in [-0.2, -0.15) is 0 Å². The molecule has 1 unspecified atom stereocenters. The van der Waals surface area contributed by atoms with E-state index in [-0.39, 0.29) is 13.0 Å². The van der Waals surface area contributed by atoms with Crippen LogP contribution in [0.15, 0.2) is 84.9 Å². The first-order valence-corrected chi connectivity index (χ1v) is 8.96. The summed E-state index contributed by atoms with van der Waals surface area (Å²) < 4.78 is 5.11. The van der Waals surface area contributed by atoms with Gasteiger partial charge >= 0.3 is 12.1 Å². The Morgan fingerprint density at radius 2 is 1.36 bits per heavy atom. The molecule has 0 aliphatic carbocycles. The first kappa shape index (κ1) is 19.2. The fraction of sp³-hybridized carbons (Fsp3) is 0.130. The van der Waals surface area contributed by atoms with E-state index in [0.717, 1.165) is 22.3 Å². The van der Waals surface area contributed by atoms with E-state index in [1.807, 2.05) is 84.9 Å². The van der Waals surface area contributed by atoms with E-state index in [4.69, 9.17) is 4.74 Å². The van der Waals surface area contributed by atoms with Gasteiger partial charge in [0.1, 0.15) is 12.6 Å². The molecule has 2 N–H and O–H groups in total. The van der Waals surface area contributed by atoms with Gasteiger partial charge in [0, 0.05) is 6.42 Å². The molecule has 0 spiro atoms. The van der Waals surface area contributed by atoms with Crippen LogP contribution in [0.3, 0.4) is 0 Å². The third-order valence-corrected chi connectivity index (χ3v) is 4.30. The summed E-state index contributed by atoms with van der Waals surface area (Å²) in [6.07, 6.45) is -0.581. The minimum absolute atomic E-state index is 0.0881. The van der Waals surface area contributed by atoms with Crippen molar-refractivity contribution in [2.75, 3.05) is 0 Å². The lowest BCUT2D eigenvalue weighted by atomic mass is 10.0. The molecular weight excluding hydrogens is 354 g/mol. The number of nitrogens with one attached hydrogen (secondary N) is 1. The average Bonchev–Trinajstić information content (AvgIpc) is 2.73. The Morgan fingerprint density at radius 1 is 0.786 bits per heavy atom. The van der Waals surface area contributed by atoms with Crippen LogP contribution in [0.5, 0.6) is 0 Å². The van der Waals surface area contributed by atoms with Gasteiger partial charge < -0.3 is 15.2 Å². The summed E-state index contributed by atoms with van der Waals surface area (Å²) in [5.74, 6) is -1.11. The second-order valence-corrected chi connectivity index (χ2v) is 6.36. The van der Waals surface area contributed by atoms with Crippen LogP contribution in [0, 0.1) is 0 Å². The molecule has 0 radical (unpaired) electrons. The van der Waals surface area contributed by atoms with Gasteiger partial charge in [-0.05, 0) is 22.3 Å². The fourth-order valence-electron chi connectivity index (χ4n) is 2.81. The average molecular weight is 375 g/mol. The van der Waals surface area contributed by atoms with Crippen molar-refractivity contribution < 1.29 is 19.4 Å². The number of alkyl carbamates (subject to hydrolysis) is 1. The van der Waals surface area contributed by atoms with Crippen molar-refractivity contribution in [3.05, 3.63) is 96.1 Å². The second-order valence-electron chi connectivity index (χ2n) is 6.36. The van der Waals surface area contributed by atoms with Gasteiger partial charge in [-0.25, -0.2) is 9.59 Å². The van der Waals surface area contributed by atoms with Gasteiger partial charge in [0.15, 0.2) is 0 Å². The summed E-state index contributed by atoms with van der Waals surface area (Å²) >= 11 is 0. The summed E-state index contributed by atoms with van der Waals surface area (Å²) in [6, 6.07) is 25.7. The highest BCUT2D eigenvalue weighted by Gasteiger charge is 2.21. The fourth-order valence-corrected chi connectivity index (χ4v) is 2.81. The summed E-state index contributed by atoms with van der Waals surface area (Å²) in [4.78, 5) is 23.5. The lowest BCUT2D eigenvalue weighted by Gasteiger charge is -2.15. The molecule has 0 bridgehead atoms. The lowest BCUT2D eigenvalue weighted by Crippen LogP contribution is -2.42. The third kappa shape index (κ3) is 5.45. The third-order valence-electron chi connectivity index (χ3n) is 4.30. The highest BCUT2D eigenvalue weighted by atomic mass is 16.5. The smallest absolute Gasteiger partial charge is 0.408 e. The number of carbonyl (C=O) groups excluding carboxylic acids is 1. The first-order chi connectivity index (χ1) is 13.6. The lowest BCUT2D eigenvalue weighted by molar-refractivity contribution is -0.139. The minimum atomic E-state index is -1.11. The molecular formula is C23H21NO4. The van der Waals surface area contributed by atoms with Gasteiger partial charge in [0.05, 0.1) is 0 Å². The van der Waals surface area contributed by atoms with Gasteiger partial charge in [-0.1, -0.05) is 84.9 Å². The number of hydrogen-bond donors (Lipinski definition) is 2. The number of ether oxygens (including phenoxy) is 1. The molecule has 0 heterocycles. The molecule has 3 aromatic carbocycles. The molecule has 3 aromatic rings. The van der Waals surface area contributed by atoms with Crippen molar-refractivity contribution in [1.82, 2.24) is 5.32 Å². The van der Waals surface area contributed by atoms with Crippen molar-refractivity contribution in [1.29, 1.82) is 0 Å². The highest BCUT2D eigenvalue weighted by Crippen LogP contribution is 2.19. The Bertz CT molecular complexity index is 908. The van der Waals surface area contributed by atoms with Crippen molar-refractivity contribution in [2.45, 2.75) is 19.1 Å². The van der Waals surface area contributed by atoms with E-state index in [1.165, 1.54) is 0 Å². The summed E-state index contributed by atoms with van der Waals surface area (Å²) in [7, 11) is 0. The molecule has 0 saturated carbocycles. The zero-order valence-electron chi connectivity index (χ0n) is 15.2. The topological polar surface area (TPSA) is 75.6 Å². The molecule has 0 aliphatic rings. The number of aliphatic carboxylic acids is 1. The van der Waals surface area contributed by atoms with Crippen LogP contribution >= 0.6 is 0 Å². The summed E-state index contributed by atoms with van der Waals surface area (Å²) in [6.45, 7) is 0.0881. The Balaban J connectivity index is 1.58. The standard InChI is InChI=1S/C23H21NO4/c25-22(26)21(24-23(27)28-16-18-7-3-1-4-8-18)15-17-11-13-20(14-12-17)19-9-5-2-6-10-19/h1-14,21H,15-16H2,(H,24,27)(H,25,26). The van der Waals surface area contributed by atoms with Crippen molar-refractivity contribution in [3.63, 3.8) is 0 Å². The minimum Gasteiger partial charge on any atom is -0.480 e. The largest absolute Gasteiger partial charge is 0.480 e. The number of carboxylic acid groups (broad SMARTS) is 1. The number of carboxylic acids is 1. The maximum absolute atomic E-state index is 12.0. The van der Waals surface area contributed by atoms with E-state index < -0.39 is 18.1 Å². The van der Waals surface area contributed by atoms with E-state index in [0.29, 0.717) is 0 Å². The molecule has 0 saturated heterocycles. The highest BCUT2D eigenvalue weighted by molar-refractivity contribution is 5.80. The molecule has 142 valence electrons.